The van der Waals surface area contributed by atoms with Gasteiger partial charge in [0.2, 0.25) is 10.0 Å². The summed E-state index contributed by atoms with van der Waals surface area (Å²) in [7, 11) is -3.21. The van der Waals surface area contributed by atoms with E-state index in [-0.39, 0.29) is 17.8 Å². The summed E-state index contributed by atoms with van der Waals surface area (Å²) < 4.78 is 33.2. The van der Waals surface area contributed by atoms with E-state index in [0.29, 0.717) is 26.3 Å². The number of hydrogen-bond acceptors (Lipinski definition) is 4. The molecular formula is C22H28N2O3S. The fraction of sp³-hybridized carbons (Fsp3) is 0.455. The van der Waals surface area contributed by atoms with Crippen molar-refractivity contribution in [1.82, 2.24) is 9.21 Å². The van der Waals surface area contributed by atoms with Gasteiger partial charge in [0.25, 0.3) is 0 Å². The van der Waals surface area contributed by atoms with E-state index in [1.807, 2.05) is 36.4 Å². The third-order valence-corrected chi connectivity index (χ3v) is 7.67. The summed E-state index contributed by atoms with van der Waals surface area (Å²) in [5.41, 5.74) is 2.38. The predicted octanol–water partition coefficient (Wildman–Crippen LogP) is 2.88. The molecule has 2 bridgehead atoms. The largest absolute Gasteiger partial charge is 0.375 e. The molecule has 150 valence electrons. The second-order valence-electron chi connectivity index (χ2n) is 7.75. The van der Waals surface area contributed by atoms with Gasteiger partial charge in [-0.1, -0.05) is 60.7 Å². The standard InChI is InChI=1S/C22H28N2O3S/c25-28(26)13-7-12-21-16-24(28)22(18-27-17-20-10-5-2-6-11-20)15-23(21)14-19-8-3-1-4-9-19/h1-6,8-11,21-22H,7,12-18H2/t21-,22-/m1/s1. The van der Waals surface area contributed by atoms with Crippen molar-refractivity contribution >= 4 is 10.0 Å². The highest BCUT2D eigenvalue weighted by molar-refractivity contribution is 7.89. The van der Waals surface area contributed by atoms with E-state index in [9.17, 15) is 8.42 Å². The molecule has 3 atom stereocenters. The van der Waals surface area contributed by atoms with Crippen molar-refractivity contribution in [1.29, 1.82) is 0 Å². The Labute approximate surface area is 168 Å². The van der Waals surface area contributed by atoms with E-state index in [1.54, 1.807) is 4.31 Å². The van der Waals surface area contributed by atoms with Gasteiger partial charge in [0, 0.05) is 25.7 Å². The van der Waals surface area contributed by atoms with Crippen molar-refractivity contribution in [3.63, 3.8) is 0 Å². The first kappa shape index (κ1) is 19.6. The van der Waals surface area contributed by atoms with E-state index < -0.39 is 10.0 Å². The SMILES string of the molecule is O=S1(=O)CCC[C@@H]2CN1[C@@H](COCc1ccccc1)CN2Cc1ccccc1. The summed E-state index contributed by atoms with van der Waals surface area (Å²) in [6, 6.07) is 20.6. The number of ether oxygens (including phenoxy) is 1. The van der Waals surface area contributed by atoms with Crippen LogP contribution in [0.2, 0.25) is 0 Å². The second kappa shape index (κ2) is 8.74. The smallest absolute Gasteiger partial charge is 0.214 e. The molecule has 5 nitrogen and oxygen atoms in total. The van der Waals surface area contributed by atoms with Crippen LogP contribution in [0.3, 0.4) is 0 Å². The van der Waals surface area contributed by atoms with E-state index in [0.717, 1.165) is 24.9 Å². The van der Waals surface area contributed by atoms with Gasteiger partial charge in [0.1, 0.15) is 0 Å². The Morgan fingerprint density at radius 3 is 2.32 bits per heavy atom. The normalized spacial score (nSPS) is 27.2. The molecule has 0 N–H and O–H groups in total. The predicted molar refractivity (Wildman–Crippen MR) is 110 cm³/mol. The average molecular weight is 401 g/mol. The number of piperazine rings is 1. The summed E-state index contributed by atoms with van der Waals surface area (Å²) in [6.07, 6.45) is 1.66. The molecule has 6 heteroatoms. The first-order valence-corrected chi connectivity index (χ1v) is 11.6. The van der Waals surface area contributed by atoms with Crippen molar-refractivity contribution in [2.75, 3.05) is 25.4 Å². The van der Waals surface area contributed by atoms with Crippen LogP contribution in [0.15, 0.2) is 60.7 Å². The highest BCUT2D eigenvalue weighted by Crippen LogP contribution is 2.28. The van der Waals surface area contributed by atoms with Gasteiger partial charge >= 0.3 is 0 Å². The molecule has 1 unspecified atom stereocenters. The summed E-state index contributed by atoms with van der Waals surface area (Å²) in [5.74, 6) is 0.248. The Morgan fingerprint density at radius 2 is 1.61 bits per heavy atom. The van der Waals surface area contributed by atoms with Gasteiger partial charge in [0.15, 0.2) is 0 Å². The highest BCUT2D eigenvalue weighted by atomic mass is 32.2. The summed E-state index contributed by atoms with van der Waals surface area (Å²) >= 11 is 0. The van der Waals surface area contributed by atoms with Crippen LogP contribution in [0, 0.1) is 0 Å². The maximum absolute atomic E-state index is 12.8. The Balaban J connectivity index is 1.47. The van der Waals surface area contributed by atoms with Crippen LogP contribution in [-0.2, 0) is 27.9 Å². The Hall–Kier alpha value is -1.73. The van der Waals surface area contributed by atoms with Gasteiger partial charge < -0.3 is 4.74 Å². The third-order valence-electron chi connectivity index (χ3n) is 5.71. The van der Waals surface area contributed by atoms with Crippen LogP contribution in [0.1, 0.15) is 24.0 Å². The van der Waals surface area contributed by atoms with Gasteiger partial charge in [0.05, 0.1) is 25.0 Å². The lowest BCUT2D eigenvalue weighted by atomic mass is 10.0. The quantitative estimate of drug-likeness (QED) is 0.748. The van der Waals surface area contributed by atoms with E-state index in [4.69, 9.17) is 4.74 Å². The summed E-state index contributed by atoms with van der Waals surface area (Å²) in [4.78, 5) is 2.45. The van der Waals surface area contributed by atoms with E-state index in [2.05, 4.69) is 29.2 Å². The van der Waals surface area contributed by atoms with Crippen molar-refractivity contribution < 1.29 is 13.2 Å². The Bertz CT molecular complexity index is 858. The molecule has 28 heavy (non-hydrogen) atoms. The van der Waals surface area contributed by atoms with E-state index in [1.165, 1.54) is 5.56 Å². The van der Waals surface area contributed by atoms with Crippen molar-refractivity contribution in [3.8, 4) is 0 Å². The molecule has 0 saturated carbocycles. The zero-order valence-electron chi connectivity index (χ0n) is 16.1. The summed E-state index contributed by atoms with van der Waals surface area (Å²) in [5, 5.41) is 0. The number of hydrogen-bond donors (Lipinski definition) is 0. The molecule has 2 heterocycles. The minimum atomic E-state index is -3.21. The van der Waals surface area contributed by atoms with Crippen molar-refractivity contribution in [3.05, 3.63) is 71.8 Å². The maximum atomic E-state index is 12.8. The van der Waals surface area contributed by atoms with E-state index >= 15 is 0 Å². The number of rotatable bonds is 6. The molecular weight excluding hydrogens is 372 g/mol. The fourth-order valence-electron chi connectivity index (χ4n) is 4.25. The molecule has 2 aliphatic heterocycles. The molecule has 2 aromatic carbocycles. The molecule has 2 aliphatic rings. The number of sulfonamides is 1. The van der Waals surface area contributed by atoms with Gasteiger partial charge in [-0.3, -0.25) is 4.90 Å². The monoisotopic (exact) mass is 400 g/mol. The van der Waals surface area contributed by atoms with Crippen LogP contribution in [0.5, 0.6) is 0 Å². The zero-order valence-corrected chi connectivity index (χ0v) is 16.9. The van der Waals surface area contributed by atoms with Gasteiger partial charge in [-0.2, -0.15) is 4.31 Å². The average Bonchev–Trinajstić information content (AvgIpc) is 2.83. The minimum absolute atomic E-state index is 0.133. The molecule has 2 fully saturated rings. The maximum Gasteiger partial charge on any atom is 0.214 e. The topological polar surface area (TPSA) is 49.9 Å². The second-order valence-corrected chi connectivity index (χ2v) is 9.79. The Morgan fingerprint density at radius 1 is 0.929 bits per heavy atom. The molecule has 2 saturated heterocycles. The van der Waals surface area contributed by atoms with Crippen molar-refractivity contribution in [2.24, 2.45) is 0 Å². The Kier molecular flexibility index (Phi) is 6.11. The molecule has 2 aromatic rings. The number of fused-ring (bicyclic) bond motifs is 2. The molecule has 0 spiro atoms. The molecule has 0 aliphatic carbocycles. The van der Waals surface area contributed by atoms with Crippen molar-refractivity contribution in [2.45, 2.75) is 38.1 Å². The molecule has 4 rings (SSSR count). The number of nitrogens with zero attached hydrogens (tertiary/aromatic N) is 2. The van der Waals surface area contributed by atoms with Crippen LogP contribution in [0.25, 0.3) is 0 Å². The lowest BCUT2D eigenvalue weighted by Crippen LogP contribution is -2.59. The highest BCUT2D eigenvalue weighted by Gasteiger charge is 2.41. The van der Waals surface area contributed by atoms with Crippen LogP contribution in [0.4, 0.5) is 0 Å². The lowest BCUT2D eigenvalue weighted by Gasteiger charge is -2.44. The fourth-order valence-corrected chi connectivity index (χ4v) is 6.00. The zero-order chi connectivity index (χ0) is 19.4. The van der Waals surface area contributed by atoms with Gasteiger partial charge in [-0.05, 0) is 24.0 Å². The van der Waals surface area contributed by atoms with Crippen LogP contribution >= 0.6 is 0 Å². The molecule has 0 amide bonds. The molecule has 0 radical (unpaired) electrons. The molecule has 0 aromatic heterocycles. The number of benzene rings is 2. The van der Waals surface area contributed by atoms with Crippen LogP contribution < -0.4 is 0 Å². The van der Waals surface area contributed by atoms with Gasteiger partial charge in [-0.15, -0.1) is 0 Å². The third kappa shape index (κ3) is 4.63. The first-order chi connectivity index (χ1) is 13.6. The lowest BCUT2D eigenvalue weighted by molar-refractivity contribution is 0.0124. The first-order valence-electron chi connectivity index (χ1n) is 10.0. The summed E-state index contributed by atoms with van der Waals surface area (Å²) in [6.45, 7) is 3.08. The van der Waals surface area contributed by atoms with Gasteiger partial charge in [-0.25, -0.2) is 8.42 Å². The van der Waals surface area contributed by atoms with Crippen LogP contribution in [-0.4, -0.2) is 55.2 Å². The minimum Gasteiger partial charge on any atom is -0.375 e.